The van der Waals surface area contributed by atoms with Gasteiger partial charge in [-0.25, -0.2) is 4.68 Å². The van der Waals surface area contributed by atoms with Crippen LogP contribution in [-0.2, 0) is 22.3 Å². The molecule has 1 amide bonds. The lowest BCUT2D eigenvalue weighted by Gasteiger charge is -2.19. The molecule has 112 valence electrons. The molecule has 1 heterocycles. The first-order valence-electron chi connectivity index (χ1n) is 5.57. The molecule has 0 saturated heterocycles. The van der Waals surface area contributed by atoms with Gasteiger partial charge in [0.1, 0.15) is 17.8 Å². The number of carbonyl (C=O) groups is 2. The molecular weight excluding hydrogens is 279 g/mol. The van der Waals surface area contributed by atoms with E-state index in [1.54, 1.807) is 20.8 Å². The summed E-state index contributed by atoms with van der Waals surface area (Å²) in [5.74, 6) is -2.01. The van der Waals surface area contributed by atoms with Crippen LogP contribution in [0.3, 0.4) is 0 Å². The van der Waals surface area contributed by atoms with Crippen LogP contribution >= 0.6 is 0 Å². The van der Waals surface area contributed by atoms with Gasteiger partial charge in [-0.1, -0.05) is 0 Å². The minimum Gasteiger partial charge on any atom is -0.459 e. The zero-order chi connectivity index (χ0) is 15.7. The number of hydrogen-bond acceptors (Lipinski definition) is 4. The maximum absolute atomic E-state index is 12.7. The Labute approximate surface area is 112 Å². The van der Waals surface area contributed by atoms with Crippen molar-refractivity contribution < 1.29 is 27.5 Å². The normalized spacial score (nSPS) is 12.3. The molecule has 1 aromatic heterocycles. The first kappa shape index (κ1) is 16.0. The fraction of sp³-hybridized carbons (Fsp3) is 0.545. The second kappa shape index (κ2) is 5.14. The molecule has 0 unspecified atom stereocenters. The van der Waals surface area contributed by atoms with Crippen LogP contribution in [0, 0.1) is 0 Å². The number of halogens is 3. The summed E-state index contributed by atoms with van der Waals surface area (Å²) in [7, 11) is 0. The second-order valence-electron chi connectivity index (χ2n) is 5.02. The number of nitrogens with zero attached hydrogens (tertiary/aromatic N) is 2. The van der Waals surface area contributed by atoms with Gasteiger partial charge in [-0.2, -0.15) is 18.3 Å². The quantitative estimate of drug-likeness (QED) is 0.852. The molecule has 1 aromatic rings. The van der Waals surface area contributed by atoms with Gasteiger partial charge in [0.25, 0.3) is 5.91 Å². The van der Waals surface area contributed by atoms with Gasteiger partial charge in [0.2, 0.25) is 0 Å². The highest BCUT2D eigenvalue weighted by Crippen LogP contribution is 2.29. The average molecular weight is 293 g/mol. The summed E-state index contributed by atoms with van der Waals surface area (Å²) < 4.78 is 43.5. The molecule has 0 fully saturated rings. The summed E-state index contributed by atoms with van der Waals surface area (Å²) in [6, 6.07) is 0.493. The Morgan fingerprint density at radius 2 is 1.90 bits per heavy atom. The predicted molar refractivity (Wildman–Crippen MR) is 61.6 cm³/mol. The zero-order valence-electron chi connectivity index (χ0n) is 11.1. The molecule has 0 atom stereocenters. The molecule has 0 aliphatic carbocycles. The van der Waals surface area contributed by atoms with Gasteiger partial charge in [0, 0.05) is 6.07 Å². The number of esters is 1. The van der Waals surface area contributed by atoms with Crippen molar-refractivity contribution >= 4 is 11.9 Å². The summed E-state index contributed by atoms with van der Waals surface area (Å²) in [5.41, 5.74) is 2.23. The van der Waals surface area contributed by atoms with Gasteiger partial charge in [0.15, 0.2) is 5.69 Å². The van der Waals surface area contributed by atoms with E-state index in [0.717, 1.165) is 0 Å². The molecule has 0 aromatic carbocycles. The highest BCUT2D eigenvalue weighted by atomic mass is 19.4. The van der Waals surface area contributed by atoms with Crippen LogP contribution in [0.25, 0.3) is 0 Å². The van der Waals surface area contributed by atoms with Crippen molar-refractivity contribution in [2.45, 2.75) is 39.1 Å². The number of alkyl halides is 3. The standard InChI is InChI=1S/C11H14F3N3O3/c1-10(2,3)20-8(18)5-17-7(11(12,13)14)4-6(16-17)9(15)19/h4H,5H2,1-3H3,(H2,15,19). The predicted octanol–water partition coefficient (Wildman–Crippen LogP) is 1.34. The summed E-state index contributed by atoms with van der Waals surface area (Å²) in [4.78, 5) is 22.4. The van der Waals surface area contributed by atoms with Crippen LogP contribution in [-0.4, -0.2) is 27.3 Å². The van der Waals surface area contributed by atoms with E-state index in [2.05, 4.69) is 5.10 Å². The molecule has 1 rings (SSSR count). The molecule has 6 nitrogen and oxygen atoms in total. The SMILES string of the molecule is CC(C)(C)OC(=O)Cn1nc(C(N)=O)cc1C(F)(F)F. The number of rotatable bonds is 3. The first-order chi connectivity index (χ1) is 8.90. The van der Waals surface area contributed by atoms with Gasteiger partial charge in [-0.05, 0) is 20.8 Å². The maximum Gasteiger partial charge on any atom is 0.433 e. The maximum atomic E-state index is 12.7. The fourth-order valence-corrected chi connectivity index (χ4v) is 1.38. The van der Waals surface area contributed by atoms with Crippen LogP contribution in [0.4, 0.5) is 13.2 Å². The Bertz CT molecular complexity index is 529. The highest BCUT2D eigenvalue weighted by molar-refractivity contribution is 5.90. The molecule has 0 saturated carbocycles. The van der Waals surface area contributed by atoms with E-state index in [1.807, 2.05) is 0 Å². The van der Waals surface area contributed by atoms with Crippen molar-refractivity contribution in [3.63, 3.8) is 0 Å². The summed E-state index contributed by atoms with van der Waals surface area (Å²) >= 11 is 0. The first-order valence-corrected chi connectivity index (χ1v) is 5.57. The Hall–Kier alpha value is -2.06. The molecule has 0 bridgehead atoms. The van der Waals surface area contributed by atoms with Crippen molar-refractivity contribution in [3.8, 4) is 0 Å². The lowest BCUT2D eigenvalue weighted by atomic mass is 10.2. The van der Waals surface area contributed by atoms with Crippen molar-refractivity contribution in [3.05, 3.63) is 17.5 Å². The van der Waals surface area contributed by atoms with E-state index in [9.17, 15) is 22.8 Å². The monoisotopic (exact) mass is 293 g/mol. The molecule has 0 radical (unpaired) electrons. The van der Waals surface area contributed by atoms with Gasteiger partial charge in [0.05, 0.1) is 0 Å². The second-order valence-corrected chi connectivity index (χ2v) is 5.02. The molecule has 0 aliphatic heterocycles. The van der Waals surface area contributed by atoms with Crippen LogP contribution < -0.4 is 5.73 Å². The van der Waals surface area contributed by atoms with Crippen LogP contribution in [0.1, 0.15) is 37.0 Å². The van der Waals surface area contributed by atoms with Gasteiger partial charge in [-0.3, -0.25) is 9.59 Å². The Morgan fingerprint density at radius 3 is 2.30 bits per heavy atom. The topological polar surface area (TPSA) is 87.2 Å². The number of nitrogens with two attached hydrogens (primary N) is 1. The van der Waals surface area contributed by atoms with Crippen molar-refractivity contribution in [2.24, 2.45) is 5.73 Å². The largest absolute Gasteiger partial charge is 0.459 e. The Morgan fingerprint density at radius 1 is 1.35 bits per heavy atom. The van der Waals surface area contributed by atoms with Crippen molar-refractivity contribution in [1.29, 1.82) is 0 Å². The van der Waals surface area contributed by atoms with E-state index in [0.29, 0.717) is 10.7 Å². The van der Waals surface area contributed by atoms with Crippen molar-refractivity contribution in [2.75, 3.05) is 0 Å². The summed E-state index contributed by atoms with van der Waals surface area (Å²) in [6.45, 7) is 3.97. The minimum atomic E-state index is -4.76. The van der Waals surface area contributed by atoms with E-state index < -0.39 is 41.6 Å². The lowest BCUT2D eigenvalue weighted by molar-refractivity contribution is -0.158. The summed E-state index contributed by atoms with van der Waals surface area (Å²) in [6.07, 6.45) is -4.76. The molecule has 2 N–H and O–H groups in total. The molecule has 20 heavy (non-hydrogen) atoms. The van der Waals surface area contributed by atoms with Gasteiger partial charge >= 0.3 is 12.1 Å². The third kappa shape index (κ3) is 4.25. The Balaban J connectivity index is 3.05. The van der Waals surface area contributed by atoms with Crippen LogP contribution in [0.15, 0.2) is 6.07 Å². The molecule has 0 spiro atoms. The number of hydrogen-bond donors (Lipinski definition) is 1. The minimum absolute atomic E-state index is 0.355. The molecular formula is C11H14F3N3O3. The van der Waals surface area contributed by atoms with E-state index in [4.69, 9.17) is 10.5 Å². The van der Waals surface area contributed by atoms with Crippen LogP contribution in [0.5, 0.6) is 0 Å². The number of ether oxygens (including phenoxy) is 1. The van der Waals surface area contributed by atoms with Crippen molar-refractivity contribution in [1.82, 2.24) is 9.78 Å². The van der Waals surface area contributed by atoms with E-state index in [-0.39, 0.29) is 0 Å². The average Bonchev–Trinajstić information content (AvgIpc) is 2.57. The molecule has 0 aliphatic rings. The fourth-order valence-electron chi connectivity index (χ4n) is 1.38. The van der Waals surface area contributed by atoms with E-state index >= 15 is 0 Å². The smallest absolute Gasteiger partial charge is 0.433 e. The van der Waals surface area contributed by atoms with Gasteiger partial charge < -0.3 is 10.5 Å². The zero-order valence-corrected chi connectivity index (χ0v) is 11.1. The number of carbonyl (C=O) groups excluding carboxylic acids is 2. The van der Waals surface area contributed by atoms with E-state index in [1.165, 1.54) is 0 Å². The van der Waals surface area contributed by atoms with Crippen LogP contribution in [0.2, 0.25) is 0 Å². The summed E-state index contributed by atoms with van der Waals surface area (Å²) in [5, 5.41) is 3.37. The lowest BCUT2D eigenvalue weighted by Crippen LogP contribution is -2.28. The number of aromatic nitrogens is 2. The van der Waals surface area contributed by atoms with Gasteiger partial charge in [-0.15, -0.1) is 0 Å². The molecule has 9 heteroatoms. The third-order valence-corrected chi connectivity index (χ3v) is 2.02. The Kier molecular flexibility index (Phi) is 4.11. The number of amides is 1. The third-order valence-electron chi connectivity index (χ3n) is 2.02. The number of primary amides is 1. The highest BCUT2D eigenvalue weighted by Gasteiger charge is 2.37.